The maximum absolute atomic E-state index is 5.60. The number of hydrogen-bond donors (Lipinski definition) is 1. The van der Waals surface area contributed by atoms with Gasteiger partial charge in [0, 0.05) is 19.7 Å². The highest BCUT2D eigenvalue weighted by molar-refractivity contribution is 5.45. The number of ether oxygens (including phenoxy) is 1. The van der Waals surface area contributed by atoms with Crippen LogP contribution < -0.4 is 10.1 Å². The molecule has 1 N–H and O–H groups in total. The summed E-state index contributed by atoms with van der Waals surface area (Å²) in [7, 11) is 1.85. The average Bonchev–Trinajstić information content (AvgIpc) is 2.65. The van der Waals surface area contributed by atoms with E-state index in [9.17, 15) is 0 Å². The quantitative estimate of drug-likeness (QED) is 0.853. The highest BCUT2D eigenvalue weighted by Crippen LogP contribution is 2.21. The fourth-order valence-corrected chi connectivity index (χ4v) is 1.36. The Morgan fingerprint density at radius 1 is 1.31 bits per heavy atom. The molecule has 2 aromatic heterocycles. The van der Waals surface area contributed by atoms with Crippen LogP contribution in [-0.4, -0.2) is 21.3 Å². The molecule has 0 unspecified atom stereocenters. The van der Waals surface area contributed by atoms with Crippen molar-refractivity contribution in [3.63, 3.8) is 0 Å². The molecule has 0 aromatic carbocycles. The fourth-order valence-electron chi connectivity index (χ4n) is 1.36. The van der Waals surface area contributed by atoms with Crippen molar-refractivity contribution >= 4 is 5.69 Å². The van der Waals surface area contributed by atoms with Gasteiger partial charge >= 0.3 is 0 Å². The van der Waals surface area contributed by atoms with Gasteiger partial charge in [0.15, 0.2) is 5.75 Å². The molecule has 0 amide bonds. The van der Waals surface area contributed by atoms with E-state index in [0.717, 1.165) is 12.2 Å². The standard InChI is InChI=1S/C11H14N4O/c1-3-13-9-4-10(6-12-5-9)16-11-7-14-15(2)8-11/h4-8,13H,3H2,1-2H3. The third-order valence-electron chi connectivity index (χ3n) is 2.01. The number of rotatable bonds is 4. The van der Waals surface area contributed by atoms with Crippen LogP contribution in [0.5, 0.6) is 11.5 Å². The Bertz CT molecular complexity index is 467. The molecule has 84 valence electrons. The van der Waals surface area contributed by atoms with Crippen LogP contribution in [0, 0.1) is 0 Å². The topological polar surface area (TPSA) is 52.0 Å². The van der Waals surface area contributed by atoms with E-state index in [0.29, 0.717) is 11.5 Å². The molecule has 2 rings (SSSR count). The Morgan fingerprint density at radius 2 is 2.19 bits per heavy atom. The van der Waals surface area contributed by atoms with Gasteiger partial charge in [-0.25, -0.2) is 0 Å². The Hall–Kier alpha value is -2.04. The molecule has 16 heavy (non-hydrogen) atoms. The van der Waals surface area contributed by atoms with Crippen LogP contribution in [0.4, 0.5) is 5.69 Å². The normalized spacial score (nSPS) is 10.1. The summed E-state index contributed by atoms with van der Waals surface area (Å²) in [6.07, 6.45) is 6.91. The van der Waals surface area contributed by atoms with Crippen molar-refractivity contribution in [1.82, 2.24) is 14.8 Å². The number of nitrogens with zero attached hydrogens (tertiary/aromatic N) is 3. The third-order valence-corrected chi connectivity index (χ3v) is 2.01. The zero-order valence-electron chi connectivity index (χ0n) is 9.34. The molecule has 0 fully saturated rings. The second kappa shape index (κ2) is 4.65. The van der Waals surface area contributed by atoms with E-state index in [-0.39, 0.29) is 0 Å². The molecular weight excluding hydrogens is 204 g/mol. The first-order chi connectivity index (χ1) is 7.78. The second-order valence-electron chi connectivity index (χ2n) is 3.39. The Labute approximate surface area is 94.1 Å². The summed E-state index contributed by atoms with van der Waals surface area (Å²) >= 11 is 0. The fraction of sp³-hybridized carbons (Fsp3) is 0.273. The van der Waals surface area contributed by atoms with Gasteiger partial charge in [-0.15, -0.1) is 0 Å². The lowest BCUT2D eigenvalue weighted by Crippen LogP contribution is -1.97. The van der Waals surface area contributed by atoms with Crippen molar-refractivity contribution < 1.29 is 4.74 Å². The monoisotopic (exact) mass is 218 g/mol. The SMILES string of the molecule is CCNc1cncc(Oc2cnn(C)c2)c1. The number of nitrogens with one attached hydrogen (secondary N) is 1. The number of aryl methyl sites for hydroxylation is 1. The summed E-state index contributed by atoms with van der Waals surface area (Å²) in [4.78, 5) is 4.09. The number of pyridine rings is 1. The van der Waals surface area contributed by atoms with Crippen molar-refractivity contribution in [1.29, 1.82) is 0 Å². The predicted octanol–water partition coefficient (Wildman–Crippen LogP) is 2.04. The highest BCUT2D eigenvalue weighted by Gasteiger charge is 2.01. The van der Waals surface area contributed by atoms with Crippen LogP contribution in [0.2, 0.25) is 0 Å². The summed E-state index contributed by atoms with van der Waals surface area (Å²) in [6, 6.07) is 1.91. The number of hydrogen-bond acceptors (Lipinski definition) is 4. The van der Waals surface area contributed by atoms with Gasteiger partial charge in [0.05, 0.1) is 30.5 Å². The van der Waals surface area contributed by atoms with E-state index < -0.39 is 0 Å². The molecule has 0 aliphatic heterocycles. The number of aromatic nitrogens is 3. The molecule has 0 atom stereocenters. The van der Waals surface area contributed by atoms with Gasteiger partial charge in [-0.1, -0.05) is 0 Å². The lowest BCUT2D eigenvalue weighted by atomic mass is 10.4. The molecule has 2 aromatic rings. The summed E-state index contributed by atoms with van der Waals surface area (Å²) in [5, 5.41) is 7.20. The van der Waals surface area contributed by atoms with Crippen molar-refractivity contribution in [2.24, 2.45) is 7.05 Å². The molecule has 0 bridgehead atoms. The van der Waals surface area contributed by atoms with Crippen LogP contribution in [0.1, 0.15) is 6.92 Å². The first-order valence-electron chi connectivity index (χ1n) is 5.13. The van der Waals surface area contributed by atoms with E-state index in [1.54, 1.807) is 29.5 Å². The Morgan fingerprint density at radius 3 is 2.88 bits per heavy atom. The van der Waals surface area contributed by atoms with Crippen LogP contribution in [0.25, 0.3) is 0 Å². The van der Waals surface area contributed by atoms with Gasteiger partial charge in [0.2, 0.25) is 0 Å². The number of anilines is 1. The van der Waals surface area contributed by atoms with E-state index in [2.05, 4.69) is 15.4 Å². The zero-order chi connectivity index (χ0) is 11.4. The smallest absolute Gasteiger partial charge is 0.165 e. The molecule has 0 saturated heterocycles. The van der Waals surface area contributed by atoms with Gasteiger partial charge in [-0.3, -0.25) is 9.67 Å². The van der Waals surface area contributed by atoms with Crippen molar-refractivity contribution in [3.05, 3.63) is 30.9 Å². The Kier molecular flexibility index (Phi) is 3.05. The van der Waals surface area contributed by atoms with Crippen LogP contribution >= 0.6 is 0 Å². The summed E-state index contributed by atoms with van der Waals surface area (Å²) in [6.45, 7) is 2.90. The van der Waals surface area contributed by atoms with Crippen LogP contribution in [-0.2, 0) is 7.05 Å². The first kappa shape index (κ1) is 10.5. The van der Waals surface area contributed by atoms with Gasteiger partial charge in [0.25, 0.3) is 0 Å². The first-order valence-corrected chi connectivity index (χ1v) is 5.13. The van der Waals surface area contributed by atoms with Crippen LogP contribution in [0.15, 0.2) is 30.9 Å². The van der Waals surface area contributed by atoms with Gasteiger partial charge < -0.3 is 10.1 Å². The van der Waals surface area contributed by atoms with Crippen molar-refractivity contribution in [2.45, 2.75) is 6.92 Å². The summed E-state index contributed by atoms with van der Waals surface area (Å²) < 4.78 is 7.29. The van der Waals surface area contributed by atoms with E-state index in [1.165, 1.54) is 0 Å². The van der Waals surface area contributed by atoms with Crippen molar-refractivity contribution in [2.75, 3.05) is 11.9 Å². The van der Waals surface area contributed by atoms with Gasteiger partial charge in [-0.2, -0.15) is 5.10 Å². The van der Waals surface area contributed by atoms with Crippen molar-refractivity contribution in [3.8, 4) is 11.5 Å². The lowest BCUT2D eigenvalue weighted by molar-refractivity contribution is 0.480. The predicted molar refractivity (Wildman–Crippen MR) is 61.7 cm³/mol. The van der Waals surface area contributed by atoms with Gasteiger partial charge in [0.1, 0.15) is 5.75 Å². The molecule has 5 nitrogen and oxygen atoms in total. The van der Waals surface area contributed by atoms with Gasteiger partial charge in [-0.05, 0) is 6.92 Å². The van der Waals surface area contributed by atoms with E-state index in [1.807, 2.05) is 20.0 Å². The lowest BCUT2D eigenvalue weighted by Gasteiger charge is -2.05. The molecular formula is C11H14N4O. The maximum Gasteiger partial charge on any atom is 0.165 e. The third kappa shape index (κ3) is 2.50. The zero-order valence-corrected chi connectivity index (χ0v) is 9.34. The minimum absolute atomic E-state index is 0.700. The average molecular weight is 218 g/mol. The molecule has 2 heterocycles. The molecule has 5 heteroatoms. The van der Waals surface area contributed by atoms with E-state index >= 15 is 0 Å². The minimum atomic E-state index is 0.700. The van der Waals surface area contributed by atoms with Crippen LogP contribution in [0.3, 0.4) is 0 Å². The molecule has 0 aliphatic rings. The molecule has 0 aliphatic carbocycles. The highest BCUT2D eigenvalue weighted by atomic mass is 16.5. The minimum Gasteiger partial charge on any atom is -0.452 e. The second-order valence-corrected chi connectivity index (χ2v) is 3.39. The largest absolute Gasteiger partial charge is 0.452 e. The Balaban J connectivity index is 2.12. The summed E-state index contributed by atoms with van der Waals surface area (Å²) in [5.41, 5.74) is 0.948. The molecule has 0 saturated carbocycles. The van der Waals surface area contributed by atoms with E-state index in [4.69, 9.17) is 4.74 Å². The summed E-state index contributed by atoms with van der Waals surface area (Å²) in [5.74, 6) is 1.41. The molecule has 0 spiro atoms. The maximum atomic E-state index is 5.60. The molecule has 0 radical (unpaired) electrons.